The first-order chi connectivity index (χ1) is 8.85. The zero-order chi connectivity index (χ0) is 14.6. The summed E-state index contributed by atoms with van der Waals surface area (Å²) in [6.07, 6.45) is 0.625. The van der Waals surface area contributed by atoms with Crippen LogP contribution in [-0.2, 0) is 11.2 Å². The molecule has 0 bridgehead atoms. The van der Waals surface area contributed by atoms with Crippen molar-refractivity contribution in [1.82, 2.24) is 0 Å². The van der Waals surface area contributed by atoms with Gasteiger partial charge in [0.2, 0.25) is 0 Å². The first kappa shape index (κ1) is 16.0. The van der Waals surface area contributed by atoms with Crippen LogP contribution in [0.25, 0.3) is 0 Å². The normalized spacial score (nSPS) is 13.9. The molecule has 2 unspecified atom stereocenters. The molecule has 0 aliphatic carbocycles. The minimum absolute atomic E-state index is 0.0182. The maximum Gasteiger partial charge on any atom is 0.258 e. The number of halogens is 1. The van der Waals surface area contributed by atoms with Crippen LogP contribution in [0.4, 0.5) is 0 Å². The molecule has 2 atom stereocenters. The number of hydrogen-bond acceptors (Lipinski definition) is 3. The maximum absolute atomic E-state index is 11.3. The molecule has 0 heterocycles. The lowest BCUT2D eigenvalue weighted by Crippen LogP contribution is -2.33. The summed E-state index contributed by atoms with van der Waals surface area (Å²) in [5, 5.41) is 0. The van der Waals surface area contributed by atoms with E-state index in [-0.39, 0.29) is 6.04 Å². The second-order valence-corrected chi connectivity index (χ2v) is 5.73. The molecule has 1 aromatic carbocycles. The van der Waals surface area contributed by atoms with Crippen LogP contribution in [0.5, 0.6) is 5.75 Å². The summed E-state index contributed by atoms with van der Waals surface area (Å²) < 4.78 is 6.76. The molecule has 106 valence electrons. The Morgan fingerprint density at radius 1 is 1.47 bits per heavy atom. The Bertz CT molecular complexity index is 461. The summed E-state index contributed by atoms with van der Waals surface area (Å²) in [7, 11) is 0. The molecule has 5 heteroatoms. The van der Waals surface area contributed by atoms with E-state index in [1.165, 1.54) is 0 Å². The molecule has 1 rings (SSSR count). The van der Waals surface area contributed by atoms with Gasteiger partial charge in [-0.25, -0.2) is 0 Å². The summed E-state index contributed by atoms with van der Waals surface area (Å²) in [5.41, 5.74) is 13.1. The highest BCUT2D eigenvalue weighted by Crippen LogP contribution is 2.30. The highest BCUT2D eigenvalue weighted by Gasteiger charge is 2.19. The van der Waals surface area contributed by atoms with Crippen molar-refractivity contribution in [3.05, 3.63) is 27.7 Å². The van der Waals surface area contributed by atoms with E-state index in [1.54, 1.807) is 0 Å². The fourth-order valence-corrected chi connectivity index (χ4v) is 2.57. The summed E-state index contributed by atoms with van der Waals surface area (Å²) in [4.78, 5) is 11.3. The third kappa shape index (κ3) is 4.51. The van der Waals surface area contributed by atoms with Gasteiger partial charge in [0.1, 0.15) is 5.75 Å². The number of carbonyl (C=O) groups excluding carboxylic acids is 1. The predicted octanol–water partition coefficient (Wildman–Crippen LogP) is 2.29. The number of benzene rings is 1. The van der Waals surface area contributed by atoms with Gasteiger partial charge in [-0.15, -0.1) is 0 Å². The summed E-state index contributed by atoms with van der Waals surface area (Å²) >= 11 is 3.46. The molecule has 4 nitrogen and oxygen atoms in total. The van der Waals surface area contributed by atoms with E-state index in [2.05, 4.69) is 15.9 Å². The summed E-state index contributed by atoms with van der Waals surface area (Å²) in [5.74, 6) is 0.266. The number of nitrogens with two attached hydrogens (primary N) is 2. The van der Waals surface area contributed by atoms with Crippen LogP contribution in [0.2, 0.25) is 0 Å². The second kappa shape index (κ2) is 6.91. The van der Waals surface area contributed by atoms with Crippen molar-refractivity contribution in [2.75, 3.05) is 0 Å². The van der Waals surface area contributed by atoms with Crippen molar-refractivity contribution >= 4 is 21.8 Å². The van der Waals surface area contributed by atoms with Crippen molar-refractivity contribution in [3.63, 3.8) is 0 Å². The molecule has 0 saturated carbocycles. The Kier molecular flexibility index (Phi) is 5.82. The van der Waals surface area contributed by atoms with Crippen LogP contribution in [0.3, 0.4) is 0 Å². The van der Waals surface area contributed by atoms with Crippen LogP contribution in [0.15, 0.2) is 16.6 Å². The number of carbonyl (C=O) groups is 1. The Morgan fingerprint density at radius 3 is 2.58 bits per heavy atom. The van der Waals surface area contributed by atoms with E-state index >= 15 is 0 Å². The van der Waals surface area contributed by atoms with E-state index in [0.29, 0.717) is 18.6 Å². The Balaban J connectivity index is 3.13. The minimum Gasteiger partial charge on any atom is -0.480 e. The zero-order valence-electron chi connectivity index (χ0n) is 11.6. The zero-order valence-corrected chi connectivity index (χ0v) is 13.2. The molecule has 0 saturated heterocycles. The first-order valence-electron chi connectivity index (χ1n) is 6.35. The molecule has 0 aromatic heterocycles. The van der Waals surface area contributed by atoms with Gasteiger partial charge in [-0.3, -0.25) is 4.79 Å². The van der Waals surface area contributed by atoms with Gasteiger partial charge in [-0.2, -0.15) is 0 Å². The van der Waals surface area contributed by atoms with Crippen molar-refractivity contribution in [1.29, 1.82) is 0 Å². The lowest BCUT2D eigenvalue weighted by Gasteiger charge is -2.20. The lowest BCUT2D eigenvalue weighted by atomic mass is 10.0. The molecule has 1 aromatic rings. The second-order valence-electron chi connectivity index (χ2n) is 4.81. The number of hydrogen-bond donors (Lipinski definition) is 2. The highest BCUT2D eigenvalue weighted by atomic mass is 79.9. The van der Waals surface area contributed by atoms with Crippen LogP contribution in [0, 0.1) is 6.92 Å². The number of primary amides is 1. The molecule has 1 amide bonds. The van der Waals surface area contributed by atoms with Crippen LogP contribution in [0.1, 0.15) is 31.4 Å². The molecule has 0 aliphatic heterocycles. The molecule has 0 radical (unpaired) electrons. The largest absolute Gasteiger partial charge is 0.480 e. The number of rotatable bonds is 6. The number of aryl methyl sites for hydroxylation is 1. The summed E-state index contributed by atoms with van der Waals surface area (Å²) in [6.45, 7) is 5.75. The Hall–Kier alpha value is -1.07. The van der Waals surface area contributed by atoms with E-state index in [0.717, 1.165) is 15.6 Å². The first-order valence-corrected chi connectivity index (χ1v) is 7.15. The van der Waals surface area contributed by atoms with E-state index in [9.17, 15) is 4.79 Å². The molecule has 19 heavy (non-hydrogen) atoms. The van der Waals surface area contributed by atoms with Crippen molar-refractivity contribution in [3.8, 4) is 5.75 Å². The minimum atomic E-state index is -0.605. The van der Waals surface area contributed by atoms with Gasteiger partial charge in [0.25, 0.3) is 5.91 Å². The quantitative estimate of drug-likeness (QED) is 0.840. The topological polar surface area (TPSA) is 78.3 Å². The standard InChI is InChI=1S/C14H21BrN2O2/c1-4-12(14(17)18)19-13-8(2)5-11(15)7-10(13)6-9(3)16/h5,7,9,12H,4,6,16H2,1-3H3,(H2,17,18). The fourth-order valence-electron chi connectivity index (χ4n) is 1.95. The van der Waals surface area contributed by atoms with E-state index in [4.69, 9.17) is 16.2 Å². The fraction of sp³-hybridized carbons (Fsp3) is 0.500. The molecule has 0 aliphatic rings. The van der Waals surface area contributed by atoms with Crippen molar-refractivity contribution < 1.29 is 9.53 Å². The van der Waals surface area contributed by atoms with Gasteiger partial charge < -0.3 is 16.2 Å². The van der Waals surface area contributed by atoms with Gasteiger partial charge in [-0.1, -0.05) is 22.9 Å². The van der Waals surface area contributed by atoms with Gasteiger partial charge in [0.05, 0.1) is 0 Å². The average Bonchev–Trinajstić information content (AvgIpc) is 2.26. The number of ether oxygens (including phenoxy) is 1. The van der Waals surface area contributed by atoms with E-state index in [1.807, 2.05) is 32.9 Å². The smallest absolute Gasteiger partial charge is 0.258 e. The Labute approximate surface area is 122 Å². The highest BCUT2D eigenvalue weighted by molar-refractivity contribution is 9.10. The van der Waals surface area contributed by atoms with E-state index < -0.39 is 12.0 Å². The Morgan fingerprint density at radius 2 is 2.11 bits per heavy atom. The molecular formula is C14H21BrN2O2. The lowest BCUT2D eigenvalue weighted by molar-refractivity contribution is -0.124. The van der Waals surface area contributed by atoms with Crippen LogP contribution < -0.4 is 16.2 Å². The summed E-state index contributed by atoms with van der Waals surface area (Å²) in [6, 6.07) is 3.94. The monoisotopic (exact) mass is 328 g/mol. The van der Waals surface area contributed by atoms with Crippen LogP contribution >= 0.6 is 15.9 Å². The SMILES string of the molecule is CCC(Oc1c(C)cc(Br)cc1CC(C)N)C(N)=O. The third-order valence-electron chi connectivity index (χ3n) is 2.81. The molecule has 0 spiro atoms. The molecule has 4 N–H and O–H groups in total. The van der Waals surface area contributed by atoms with Gasteiger partial charge in [0.15, 0.2) is 6.10 Å². The molecule has 0 fully saturated rings. The maximum atomic E-state index is 11.3. The van der Waals surface area contributed by atoms with Crippen molar-refractivity contribution in [2.45, 2.75) is 45.8 Å². The third-order valence-corrected chi connectivity index (χ3v) is 3.26. The number of amides is 1. The van der Waals surface area contributed by atoms with Crippen molar-refractivity contribution in [2.24, 2.45) is 11.5 Å². The van der Waals surface area contributed by atoms with Gasteiger partial charge in [0, 0.05) is 10.5 Å². The average molecular weight is 329 g/mol. The van der Waals surface area contributed by atoms with Crippen LogP contribution in [-0.4, -0.2) is 18.1 Å². The predicted molar refractivity (Wildman–Crippen MR) is 80.1 cm³/mol. The van der Waals surface area contributed by atoms with Gasteiger partial charge >= 0.3 is 0 Å². The molecular weight excluding hydrogens is 308 g/mol. The van der Waals surface area contributed by atoms with Gasteiger partial charge in [-0.05, 0) is 49.9 Å².